The Balaban J connectivity index is 1.81. The van der Waals surface area contributed by atoms with E-state index in [0.29, 0.717) is 18.8 Å². The number of carbonyl (C=O) groups excluding carboxylic acids is 1. The molecule has 1 aliphatic rings. The minimum atomic E-state index is -3.58. The molecule has 0 saturated heterocycles. The SMILES string of the molecule is CCN(CC)S(=O)(=O)c1ccc(C)c(NC(=O)CN2c3ccccc3CC[C@H]2C)c1. The lowest BCUT2D eigenvalue weighted by Gasteiger charge is -2.36. The van der Waals surface area contributed by atoms with Crippen molar-refractivity contribution in [3.8, 4) is 0 Å². The molecule has 1 N–H and O–H groups in total. The average molecular weight is 430 g/mol. The normalized spacial score (nSPS) is 16.4. The third-order valence-electron chi connectivity index (χ3n) is 5.80. The number of sulfonamides is 1. The Morgan fingerprint density at radius 2 is 1.87 bits per heavy atom. The summed E-state index contributed by atoms with van der Waals surface area (Å²) in [6.07, 6.45) is 2.01. The molecular weight excluding hydrogens is 398 g/mol. The largest absolute Gasteiger partial charge is 0.359 e. The molecule has 2 aromatic rings. The highest BCUT2D eigenvalue weighted by molar-refractivity contribution is 7.89. The number of nitrogens with one attached hydrogen (secondary N) is 1. The molecule has 7 heteroatoms. The molecule has 0 fully saturated rings. The number of amides is 1. The Hall–Kier alpha value is -2.38. The van der Waals surface area contributed by atoms with Gasteiger partial charge in [0.1, 0.15) is 0 Å². The number of aryl methyl sites for hydroxylation is 2. The van der Waals surface area contributed by atoms with Gasteiger partial charge in [0.25, 0.3) is 0 Å². The van der Waals surface area contributed by atoms with Crippen LogP contribution in [0.5, 0.6) is 0 Å². The van der Waals surface area contributed by atoms with E-state index in [9.17, 15) is 13.2 Å². The quantitative estimate of drug-likeness (QED) is 0.727. The summed E-state index contributed by atoms with van der Waals surface area (Å²) in [5, 5.41) is 2.93. The Labute approximate surface area is 179 Å². The van der Waals surface area contributed by atoms with E-state index in [1.54, 1.807) is 18.2 Å². The molecule has 0 aromatic heterocycles. The van der Waals surface area contributed by atoms with Gasteiger partial charge in [0.2, 0.25) is 15.9 Å². The maximum atomic E-state index is 12.9. The first-order chi connectivity index (χ1) is 14.3. The van der Waals surface area contributed by atoms with E-state index < -0.39 is 10.0 Å². The molecule has 1 amide bonds. The average Bonchev–Trinajstić information content (AvgIpc) is 2.72. The van der Waals surface area contributed by atoms with Gasteiger partial charge in [-0.1, -0.05) is 38.1 Å². The molecule has 0 unspecified atom stereocenters. The van der Waals surface area contributed by atoms with Crippen molar-refractivity contribution < 1.29 is 13.2 Å². The van der Waals surface area contributed by atoms with Crippen molar-refractivity contribution in [2.75, 3.05) is 29.9 Å². The molecule has 0 saturated carbocycles. The molecule has 0 aliphatic carbocycles. The first kappa shape index (κ1) is 22.3. The molecule has 2 aromatic carbocycles. The van der Waals surface area contributed by atoms with Crippen LogP contribution < -0.4 is 10.2 Å². The number of nitrogens with zero attached hydrogens (tertiary/aromatic N) is 2. The maximum absolute atomic E-state index is 12.9. The number of rotatable bonds is 7. The number of para-hydroxylation sites is 1. The summed E-state index contributed by atoms with van der Waals surface area (Å²) in [4.78, 5) is 15.2. The third-order valence-corrected chi connectivity index (χ3v) is 7.85. The zero-order valence-electron chi connectivity index (χ0n) is 18.2. The van der Waals surface area contributed by atoms with E-state index >= 15 is 0 Å². The molecular formula is C23H31N3O3S. The second-order valence-electron chi connectivity index (χ2n) is 7.76. The van der Waals surface area contributed by atoms with Gasteiger partial charge in [-0.3, -0.25) is 4.79 Å². The van der Waals surface area contributed by atoms with Crippen LogP contribution in [0.25, 0.3) is 0 Å². The number of hydrogen-bond acceptors (Lipinski definition) is 4. The monoisotopic (exact) mass is 429 g/mol. The van der Waals surface area contributed by atoms with E-state index in [2.05, 4.69) is 29.3 Å². The van der Waals surface area contributed by atoms with Crippen LogP contribution in [-0.4, -0.2) is 44.3 Å². The highest BCUT2D eigenvalue weighted by Gasteiger charge is 2.26. The fourth-order valence-electron chi connectivity index (χ4n) is 3.95. The van der Waals surface area contributed by atoms with Gasteiger partial charge in [-0.15, -0.1) is 0 Å². The van der Waals surface area contributed by atoms with Crippen LogP contribution >= 0.6 is 0 Å². The molecule has 1 atom stereocenters. The minimum absolute atomic E-state index is 0.154. The number of benzene rings is 2. The fourth-order valence-corrected chi connectivity index (χ4v) is 5.44. The zero-order valence-corrected chi connectivity index (χ0v) is 19.0. The molecule has 0 bridgehead atoms. The molecule has 0 radical (unpaired) electrons. The minimum Gasteiger partial charge on any atom is -0.359 e. The molecule has 30 heavy (non-hydrogen) atoms. The topological polar surface area (TPSA) is 69.7 Å². The number of fused-ring (bicyclic) bond motifs is 1. The zero-order chi connectivity index (χ0) is 21.9. The van der Waals surface area contributed by atoms with Crippen molar-refractivity contribution in [3.63, 3.8) is 0 Å². The predicted octanol–water partition coefficient (Wildman–Crippen LogP) is 3.81. The highest BCUT2D eigenvalue weighted by Crippen LogP contribution is 2.30. The van der Waals surface area contributed by atoms with E-state index in [0.717, 1.165) is 24.1 Å². The van der Waals surface area contributed by atoms with E-state index in [-0.39, 0.29) is 23.4 Å². The number of anilines is 2. The summed E-state index contributed by atoms with van der Waals surface area (Å²) >= 11 is 0. The van der Waals surface area contributed by atoms with E-state index in [1.165, 1.54) is 9.87 Å². The van der Waals surface area contributed by atoms with Crippen molar-refractivity contribution in [1.82, 2.24) is 4.31 Å². The highest BCUT2D eigenvalue weighted by atomic mass is 32.2. The van der Waals surface area contributed by atoms with Crippen LogP contribution in [0.2, 0.25) is 0 Å². The van der Waals surface area contributed by atoms with Crippen molar-refractivity contribution in [2.24, 2.45) is 0 Å². The van der Waals surface area contributed by atoms with E-state index in [4.69, 9.17) is 0 Å². The van der Waals surface area contributed by atoms with Crippen molar-refractivity contribution in [1.29, 1.82) is 0 Å². The van der Waals surface area contributed by atoms with Gasteiger partial charge in [0.05, 0.1) is 11.4 Å². The standard InChI is InChI=1S/C23H31N3O3S/c1-5-25(6-2)30(28,29)20-14-11-17(3)21(15-20)24-23(27)16-26-18(4)12-13-19-9-7-8-10-22(19)26/h7-11,14-15,18H,5-6,12-13,16H2,1-4H3,(H,24,27)/t18-/m1/s1. The fraction of sp³-hybridized carbons (Fsp3) is 0.435. The molecule has 162 valence electrons. The van der Waals surface area contributed by atoms with Crippen LogP contribution in [0.15, 0.2) is 47.4 Å². The number of hydrogen-bond donors (Lipinski definition) is 1. The van der Waals surface area contributed by atoms with Crippen molar-refractivity contribution >= 4 is 27.3 Å². The summed E-state index contributed by atoms with van der Waals surface area (Å²) in [6, 6.07) is 13.4. The predicted molar refractivity (Wildman–Crippen MR) is 121 cm³/mol. The van der Waals surface area contributed by atoms with E-state index in [1.807, 2.05) is 32.9 Å². The van der Waals surface area contributed by atoms with Crippen LogP contribution in [0.3, 0.4) is 0 Å². The molecule has 3 rings (SSSR count). The summed E-state index contributed by atoms with van der Waals surface area (Å²) in [6.45, 7) is 8.66. The van der Waals surface area contributed by atoms with Crippen molar-refractivity contribution in [3.05, 3.63) is 53.6 Å². The number of carbonyl (C=O) groups is 1. The Morgan fingerprint density at radius 3 is 2.57 bits per heavy atom. The third kappa shape index (κ3) is 4.52. The summed E-state index contributed by atoms with van der Waals surface area (Å²) in [7, 11) is -3.58. The second-order valence-corrected chi connectivity index (χ2v) is 9.70. The molecule has 0 spiro atoms. The summed E-state index contributed by atoms with van der Waals surface area (Å²) in [5.41, 5.74) is 3.72. The molecule has 1 aliphatic heterocycles. The van der Waals surface area contributed by atoms with Gasteiger partial charge in [0, 0.05) is 30.5 Å². The molecule has 1 heterocycles. The van der Waals surface area contributed by atoms with Gasteiger partial charge >= 0.3 is 0 Å². The van der Waals surface area contributed by atoms with Crippen LogP contribution in [0, 0.1) is 6.92 Å². The molecule has 6 nitrogen and oxygen atoms in total. The first-order valence-electron chi connectivity index (χ1n) is 10.5. The Bertz CT molecular complexity index is 1020. The lowest BCUT2D eigenvalue weighted by atomic mass is 9.96. The Morgan fingerprint density at radius 1 is 1.17 bits per heavy atom. The summed E-state index contributed by atoms with van der Waals surface area (Å²) in [5.74, 6) is -0.154. The smallest absolute Gasteiger partial charge is 0.243 e. The van der Waals surface area contributed by atoms with Gasteiger partial charge in [-0.05, 0) is 56.0 Å². The van der Waals surface area contributed by atoms with Gasteiger partial charge in [-0.2, -0.15) is 4.31 Å². The lowest BCUT2D eigenvalue weighted by molar-refractivity contribution is -0.115. The van der Waals surface area contributed by atoms with Crippen LogP contribution in [0.4, 0.5) is 11.4 Å². The van der Waals surface area contributed by atoms with Crippen LogP contribution in [0.1, 0.15) is 38.3 Å². The summed E-state index contributed by atoms with van der Waals surface area (Å²) < 4.78 is 27.1. The van der Waals surface area contributed by atoms with Gasteiger partial charge in [-0.25, -0.2) is 8.42 Å². The van der Waals surface area contributed by atoms with Crippen LogP contribution in [-0.2, 0) is 21.2 Å². The second kappa shape index (κ2) is 9.18. The maximum Gasteiger partial charge on any atom is 0.243 e. The van der Waals surface area contributed by atoms with Gasteiger partial charge < -0.3 is 10.2 Å². The Kier molecular flexibility index (Phi) is 6.83. The first-order valence-corrected chi connectivity index (χ1v) is 12.0. The van der Waals surface area contributed by atoms with Crippen molar-refractivity contribution in [2.45, 2.75) is 51.5 Å². The van der Waals surface area contributed by atoms with Gasteiger partial charge in [0.15, 0.2) is 0 Å². The lowest BCUT2D eigenvalue weighted by Crippen LogP contribution is -2.42.